The molecule has 1 aliphatic carbocycles. The number of aliphatic hydroxyl groups excluding tert-OH is 1. The summed E-state index contributed by atoms with van der Waals surface area (Å²) in [7, 11) is 0. The Kier molecular flexibility index (Phi) is 9.14. The molecular weight excluding hydrogens is 546 g/mol. The zero-order chi connectivity index (χ0) is 28.9. The minimum Gasteiger partial charge on any atom is -0.394 e. The van der Waals surface area contributed by atoms with Crippen LogP contribution in [0.4, 0.5) is 10.6 Å². The maximum absolute atomic E-state index is 13.0. The van der Waals surface area contributed by atoms with Crippen LogP contribution < -0.4 is 5.32 Å². The second-order valence-electron chi connectivity index (χ2n) is 11.3. The van der Waals surface area contributed by atoms with Crippen LogP contribution in [-0.2, 0) is 0 Å². The molecule has 2 amide bonds. The summed E-state index contributed by atoms with van der Waals surface area (Å²) in [6.45, 7) is 11.3. The molecule has 2 saturated heterocycles. The number of likely N-dealkylation sites (N-methyl/N-ethyl adjacent to an activating group) is 1. The maximum atomic E-state index is 13.0. The van der Waals surface area contributed by atoms with Crippen LogP contribution in [0.1, 0.15) is 36.2 Å². The van der Waals surface area contributed by atoms with Crippen LogP contribution in [0.25, 0.3) is 15.8 Å². The Hall–Kier alpha value is -3.31. The third-order valence-corrected chi connectivity index (χ3v) is 9.86. The van der Waals surface area contributed by atoms with Gasteiger partial charge in [-0.2, -0.15) is 0 Å². The number of hydrogen-bond donors (Lipinski definition) is 2. The minimum atomic E-state index is -0.233. The van der Waals surface area contributed by atoms with Gasteiger partial charge >= 0.3 is 6.03 Å². The monoisotopic (exact) mass is 587 g/mol. The van der Waals surface area contributed by atoms with E-state index in [-0.39, 0.29) is 18.7 Å². The summed E-state index contributed by atoms with van der Waals surface area (Å²) >= 11 is 1.70. The number of thiophene rings is 1. The van der Waals surface area contributed by atoms with Crippen LogP contribution in [0.3, 0.4) is 0 Å². The van der Waals surface area contributed by atoms with E-state index in [0.29, 0.717) is 0 Å². The molecule has 10 heteroatoms. The van der Waals surface area contributed by atoms with Gasteiger partial charge in [0.05, 0.1) is 18.0 Å². The first kappa shape index (κ1) is 28.8. The molecule has 1 atom stereocenters. The third-order valence-electron chi connectivity index (χ3n) is 8.74. The number of rotatable bonds is 8. The average molecular weight is 588 g/mol. The van der Waals surface area contributed by atoms with Gasteiger partial charge in [-0.1, -0.05) is 55.0 Å². The zero-order valence-corrected chi connectivity index (χ0v) is 25.2. The van der Waals surface area contributed by atoms with Gasteiger partial charge in [0.2, 0.25) is 0 Å². The Balaban J connectivity index is 1.05. The summed E-state index contributed by atoms with van der Waals surface area (Å²) in [5, 5.41) is 14.4. The molecule has 2 aromatic heterocycles. The Labute approximate surface area is 252 Å². The fourth-order valence-electron chi connectivity index (χ4n) is 6.07. The number of aromatic nitrogens is 2. The van der Waals surface area contributed by atoms with E-state index in [2.05, 4.69) is 50.2 Å². The van der Waals surface area contributed by atoms with Crippen molar-refractivity contribution in [2.24, 2.45) is 0 Å². The molecule has 2 fully saturated rings. The van der Waals surface area contributed by atoms with Gasteiger partial charge in [-0.15, -0.1) is 11.3 Å². The second-order valence-corrected chi connectivity index (χ2v) is 12.4. The molecule has 222 valence electrons. The number of nitrogens with one attached hydrogen (secondary N) is 1. The van der Waals surface area contributed by atoms with Crippen LogP contribution in [0.15, 0.2) is 60.5 Å². The van der Waals surface area contributed by atoms with Crippen molar-refractivity contribution in [2.45, 2.75) is 25.8 Å². The molecule has 6 rings (SSSR count). The highest BCUT2D eigenvalue weighted by Crippen LogP contribution is 2.37. The number of piperazine rings is 2. The highest BCUT2D eigenvalue weighted by atomic mass is 32.1. The van der Waals surface area contributed by atoms with Crippen LogP contribution in [0.5, 0.6) is 0 Å². The van der Waals surface area contributed by atoms with E-state index in [4.69, 9.17) is 0 Å². The SMILES string of the molecule is CCN1CCN(C(=O)N2CCN(CC3=CC=C(c4cc5c(NC(CO)c6ccccc6)ncnc5s4)CC3)CC2)CC1. The van der Waals surface area contributed by atoms with Gasteiger partial charge in [-0.25, -0.2) is 14.8 Å². The van der Waals surface area contributed by atoms with E-state index in [1.54, 1.807) is 17.7 Å². The Morgan fingerprint density at radius 2 is 1.67 bits per heavy atom. The highest BCUT2D eigenvalue weighted by molar-refractivity contribution is 7.19. The van der Waals surface area contributed by atoms with Crippen LogP contribution >= 0.6 is 11.3 Å². The lowest BCUT2D eigenvalue weighted by Crippen LogP contribution is -2.56. The molecule has 1 unspecified atom stereocenters. The van der Waals surface area contributed by atoms with Crippen LogP contribution in [0.2, 0.25) is 0 Å². The summed E-state index contributed by atoms with van der Waals surface area (Å²) < 4.78 is 0. The topological polar surface area (TPSA) is 88.1 Å². The van der Waals surface area contributed by atoms with Crippen molar-refractivity contribution in [3.05, 3.63) is 70.9 Å². The second kappa shape index (κ2) is 13.3. The first-order valence-electron chi connectivity index (χ1n) is 15.2. The number of anilines is 1. The number of nitrogens with zero attached hydrogens (tertiary/aromatic N) is 6. The number of allylic oxidation sites excluding steroid dienone is 3. The fraction of sp³-hybridized carbons (Fsp3) is 0.469. The van der Waals surface area contributed by atoms with Crippen molar-refractivity contribution in [3.63, 3.8) is 0 Å². The van der Waals surface area contributed by atoms with Gasteiger partial charge in [0.25, 0.3) is 0 Å². The van der Waals surface area contributed by atoms with Crippen molar-refractivity contribution in [2.75, 3.05) is 77.4 Å². The molecule has 3 aromatic rings. The van der Waals surface area contributed by atoms with Crippen molar-refractivity contribution in [1.29, 1.82) is 0 Å². The van der Waals surface area contributed by atoms with Gasteiger partial charge in [0.1, 0.15) is 17.0 Å². The van der Waals surface area contributed by atoms with E-state index in [0.717, 1.165) is 99.9 Å². The Morgan fingerprint density at radius 3 is 2.31 bits per heavy atom. The molecular formula is C32H41N7O2S. The third kappa shape index (κ3) is 6.52. The first-order chi connectivity index (χ1) is 20.6. The number of carbonyl (C=O) groups is 1. The number of urea groups is 1. The van der Waals surface area contributed by atoms with E-state index in [1.807, 2.05) is 40.1 Å². The molecule has 1 aromatic carbocycles. The fourth-order valence-corrected chi connectivity index (χ4v) is 7.12. The molecule has 2 N–H and O–H groups in total. The lowest BCUT2D eigenvalue weighted by molar-refractivity contribution is 0.0937. The summed E-state index contributed by atoms with van der Waals surface area (Å²) in [6, 6.07) is 12.1. The number of aliphatic hydroxyl groups is 1. The molecule has 4 heterocycles. The molecule has 0 saturated carbocycles. The van der Waals surface area contributed by atoms with Crippen molar-refractivity contribution < 1.29 is 9.90 Å². The molecule has 3 aliphatic rings. The molecule has 0 radical (unpaired) electrons. The van der Waals surface area contributed by atoms with E-state index in [9.17, 15) is 9.90 Å². The van der Waals surface area contributed by atoms with Crippen LogP contribution in [0, 0.1) is 0 Å². The summed E-state index contributed by atoms with van der Waals surface area (Å²) in [5.74, 6) is 0.749. The molecule has 0 spiro atoms. The van der Waals surface area contributed by atoms with E-state index < -0.39 is 0 Å². The number of hydrogen-bond acceptors (Lipinski definition) is 8. The zero-order valence-electron chi connectivity index (χ0n) is 24.4. The van der Waals surface area contributed by atoms with Gasteiger partial charge in [0.15, 0.2) is 0 Å². The first-order valence-corrected chi connectivity index (χ1v) is 16.0. The quantitative estimate of drug-likeness (QED) is 0.406. The van der Waals surface area contributed by atoms with Gasteiger partial charge < -0.3 is 25.1 Å². The van der Waals surface area contributed by atoms with Crippen molar-refractivity contribution in [3.8, 4) is 0 Å². The number of fused-ring (bicyclic) bond motifs is 1. The normalized spacial score (nSPS) is 19.5. The largest absolute Gasteiger partial charge is 0.394 e. The smallest absolute Gasteiger partial charge is 0.320 e. The average Bonchev–Trinajstić information content (AvgIpc) is 3.50. The minimum absolute atomic E-state index is 0.0209. The lowest BCUT2D eigenvalue weighted by atomic mass is 9.96. The molecule has 42 heavy (non-hydrogen) atoms. The van der Waals surface area contributed by atoms with Crippen LogP contribution in [-0.4, -0.2) is 113 Å². The van der Waals surface area contributed by atoms with Gasteiger partial charge in [0, 0.05) is 63.8 Å². The lowest BCUT2D eigenvalue weighted by Gasteiger charge is -2.40. The van der Waals surface area contributed by atoms with E-state index >= 15 is 0 Å². The Morgan fingerprint density at radius 1 is 0.952 bits per heavy atom. The van der Waals surface area contributed by atoms with Crippen molar-refractivity contribution >= 4 is 39.0 Å². The Bertz CT molecular complexity index is 1420. The van der Waals surface area contributed by atoms with Crippen molar-refractivity contribution in [1.82, 2.24) is 29.6 Å². The summed E-state index contributed by atoms with van der Waals surface area (Å²) in [4.78, 5) is 33.2. The number of carbonyl (C=O) groups excluding carboxylic acids is 1. The van der Waals surface area contributed by atoms with E-state index in [1.165, 1.54) is 16.0 Å². The van der Waals surface area contributed by atoms with Gasteiger partial charge in [-0.05, 0) is 36.6 Å². The standard InChI is InChI=1S/C32H41N7O2S/c1-2-36-12-16-38(17-13-36)32(41)39-18-14-37(15-19-39)21-24-8-10-26(11-9-24)29-20-27-30(33-23-34-31(27)42-29)35-28(22-40)25-6-4-3-5-7-25/h3-8,10,20,23,28,40H,2,9,11-19,21-22H2,1H3,(H,33,34,35). The predicted molar refractivity (Wildman–Crippen MR) is 170 cm³/mol. The highest BCUT2D eigenvalue weighted by Gasteiger charge is 2.28. The predicted octanol–water partition coefficient (Wildman–Crippen LogP) is 4.32. The number of benzene rings is 1. The molecule has 0 bridgehead atoms. The summed E-state index contributed by atoms with van der Waals surface area (Å²) in [5.41, 5.74) is 3.80. The van der Waals surface area contributed by atoms with Gasteiger partial charge in [-0.3, -0.25) is 4.90 Å². The summed E-state index contributed by atoms with van der Waals surface area (Å²) in [6.07, 6.45) is 8.19. The maximum Gasteiger partial charge on any atom is 0.320 e. The molecule has 2 aliphatic heterocycles. The molecule has 9 nitrogen and oxygen atoms in total. The number of amides is 2.